The van der Waals surface area contributed by atoms with Gasteiger partial charge in [-0.1, -0.05) is 44.7 Å². The van der Waals surface area contributed by atoms with Crippen LogP contribution in [-0.4, -0.2) is 0 Å². The zero-order valence-electron chi connectivity index (χ0n) is 23.4. The molecule has 0 spiro atoms. The molecular weight excluding hydrogens is 477 g/mol. The van der Waals surface area contributed by atoms with Gasteiger partial charge >= 0.3 is 0 Å². The first-order chi connectivity index (χ1) is 18.5. The second kappa shape index (κ2) is 13.1. The summed E-state index contributed by atoms with van der Waals surface area (Å²) in [5, 5.41) is 0. The van der Waals surface area contributed by atoms with E-state index in [4.69, 9.17) is 0 Å². The predicted molar refractivity (Wildman–Crippen MR) is 151 cm³/mol. The van der Waals surface area contributed by atoms with E-state index >= 15 is 8.78 Å². The molecule has 0 atom stereocenters. The van der Waals surface area contributed by atoms with Crippen molar-refractivity contribution in [3.05, 3.63) is 70.5 Å². The highest BCUT2D eigenvalue weighted by molar-refractivity contribution is 5.32. The monoisotopic (exact) mass is 524 g/mol. The van der Waals surface area contributed by atoms with Gasteiger partial charge in [-0.15, -0.1) is 0 Å². The molecule has 0 radical (unpaired) electrons. The minimum Gasteiger partial charge on any atom is -0.207 e. The Morgan fingerprint density at radius 1 is 0.579 bits per heavy atom. The summed E-state index contributed by atoms with van der Waals surface area (Å²) in [5.41, 5.74) is 2.52. The van der Waals surface area contributed by atoms with Crippen molar-refractivity contribution in [2.45, 2.75) is 127 Å². The fourth-order valence-electron chi connectivity index (χ4n) is 8.24. The van der Waals surface area contributed by atoms with Gasteiger partial charge in [-0.2, -0.15) is 0 Å². The summed E-state index contributed by atoms with van der Waals surface area (Å²) in [5.74, 6) is 2.33. The van der Waals surface area contributed by atoms with Crippen LogP contribution in [0.3, 0.4) is 0 Å². The molecule has 3 saturated carbocycles. The zero-order valence-corrected chi connectivity index (χ0v) is 23.4. The summed E-state index contributed by atoms with van der Waals surface area (Å²) in [6, 6.07) is 10.4. The number of benzene rings is 2. The summed E-state index contributed by atoms with van der Waals surface area (Å²) >= 11 is 0. The standard InChI is InChI=1S/C35H47F3/c1-2-3-4-5-24-6-8-29(9-7-24)31-22-33(37)35(34(38)23-31)30-16-14-27(15-17-30)25-10-12-26(13-11-25)28-18-20-32(36)21-19-28/h18-27,29-30H,2-17H2,1H3. The molecule has 0 aromatic heterocycles. The van der Waals surface area contributed by atoms with E-state index in [-0.39, 0.29) is 23.4 Å². The molecule has 3 fully saturated rings. The van der Waals surface area contributed by atoms with Gasteiger partial charge in [0.1, 0.15) is 17.5 Å². The van der Waals surface area contributed by atoms with E-state index in [0.717, 1.165) is 55.9 Å². The molecule has 5 rings (SSSR count). The third-order valence-corrected chi connectivity index (χ3v) is 10.6. The topological polar surface area (TPSA) is 0 Å². The quantitative estimate of drug-likeness (QED) is 0.301. The van der Waals surface area contributed by atoms with Crippen LogP contribution >= 0.6 is 0 Å². The van der Waals surface area contributed by atoms with Crippen molar-refractivity contribution in [1.29, 1.82) is 0 Å². The van der Waals surface area contributed by atoms with E-state index in [9.17, 15) is 4.39 Å². The van der Waals surface area contributed by atoms with Crippen molar-refractivity contribution >= 4 is 0 Å². The Balaban J connectivity index is 1.11. The van der Waals surface area contributed by atoms with Crippen LogP contribution in [0, 0.1) is 35.2 Å². The molecule has 0 N–H and O–H groups in total. The lowest BCUT2D eigenvalue weighted by Gasteiger charge is -2.38. The second-order valence-electron chi connectivity index (χ2n) is 12.9. The Morgan fingerprint density at radius 3 is 1.63 bits per heavy atom. The normalized spacial score (nSPS) is 30.3. The van der Waals surface area contributed by atoms with E-state index < -0.39 is 0 Å². The van der Waals surface area contributed by atoms with E-state index in [1.165, 1.54) is 69.8 Å². The highest BCUT2D eigenvalue weighted by Crippen LogP contribution is 2.47. The summed E-state index contributed by atoms with van der Waals surface area (Å²) < 4.78 is 44.0. The van der Waals surface area contributed by atoms with E-state index in [2.05, 4.69) is 6.92 Å². The van der Waals surface area contributed by atoms with Crippen molar-refractivity contribution in [3.63, 3.8) is 0 Å². The molecule has 208 valence electrons. The number of hydrogen-bond acceptors (Lipinski definition) is 0. The largest absolute Gasteiger partial charge is 0.207 e. The van der Waals surface area contributed by atoms with Crippen LogP contribution in [0.15, 0.2) is 36.4 Å². The Bertz CT molecular complexity index is 981. The second-order valence-corrected chi connectivity index (χ2v) is 12.9. The minimum absolute atomic E-state index is 0.0187. The Morgan fingerprint density at radius 2 is 1.08 bits per heavy atom. The molecule has 0 heterocycles. The zero-order chi connectivity index (χ0) is 26.5. The van der Waals surface area contributed by atoms with Crippen LogP contribution in [0.4, 0.5) is 13.2 Å². The first-order valence-electron chi connectivity index (χ1n) is 15.8. The molecule has 0 saturated heterocycles. The highest BCUT2D eigenvalue weighted by atomic mass is 19.1. The van der Waals surface area contributed by atoms with Gasteiger partial charge in [-0.25, -0.2) is 13.2 Å². The van der Waals surface area contributed by atoms with E-state index in [1.807, 2.05) is 12.1 Å². The maximum Gasteiger partial charge on any atom is 0.129 e. The lowest BCUT2D eigenvalue weighted by atomic mass is 9.67. The molecule has 3 aliphatic carbocycles. The van der Waals surface area contributed by atoms with Crippen molar-refractivity contribution in [3.8, 4) is 0 Å². The summed E-state index contributed by atoms with van der Waals surface area (Å²) in [7, 11) is 0. The third-order valence-electron chi connectivity index (χ3n) is 10.6. The Labute approximate surface area is 228 Å². The van der Waals surface area contributed by atoms with Crippen LogP contribution in [0.2, 0.25) is 0 Å². The number of rotatable bonds is 8. The first-order valence-corrected chi connectivity index (χ1v) is 15.8. The number of unbranched alkanes of at least 4 members (excludes halogenated alkanes) is 2. The average Bonchev–Trinajstić information content (AvgIpc) is 2.94. The molecule has 3 aliphatic rings. The predicted octanol–water partition coefficient (Wildman–Crippen LogP) is 11.2. The fraction of sp³-hybridized carbons (Fsp3) is 0.657. The summed E-state index contributed by atoms with van der Waals surface area (Å²) in [4.78, 5) is 0. The Hall–Kier alpha value is -1.77. The molecular formula is C35H47F3. The molecule has 2 aromatic carbocycles. The van der Waals surface area contributed by atoms with Crippen LogP contribution in [0.5, 0.6) is 0 Å². The molecule has 38 heavy (non-hydrogen) atoms. The Kier molecular flexibility index (Phi) is 9.55. The summed E-state index contributed by atoms with van der Waals surface area (Å²) in [6.07, 6.45) is 18.5. The van der Waals surface area contributed by atoms with Gasteiger partial charge in [0.2, 0.25) is 0 Å². The SMILES string of the molecule is CCCCCC1CCC(c2cc(F)c(C3CCC(C4CCC(c5ccc(F)cc5)CC4)CC3)c(F)c2)CC1. The lowest BCUT2D eigenvalue weighted by Crippen LogP contribution is -2.25. The molecule has 0 unspecified atom stereocenters. The summed E-state index contributed by atoms with van der Waals surface area (Å²) in [6.45, 7) is 2.25. The van der Waals surface area contributed by atoms with Gasteiger partial charge in [-0.3, -0.25) is 0 Å². The van der Waals surface area contributed by atoms with Gasteiger partial charge in [0.15, 0.2) is 0 Å². The molecule has 0 amide bonds. The maximum atomic E-state index is 15.4. The molecule has 0 bridgehead atoms. The number of hydrogen-bond donors (Lipinski definition) is 0. The van der Waals surface area contributed by atoms with Crippen LogP contribution in [0.1, 0.15) is 144 Å². The maximum absolute atomic E-state index is 15.4. The molecule has 3 heteroatoms. The van der Waals surface area contributed by atoms with Gasteiger partial charge in [0.25, 0.3) is 0 Å². The van der Waals surface area contributed by atoms with Crippen LogP contribution < -0.4 is 0 Å². The van der Waals surface area contributed by atoms with E-state index in [0.29, 0.717) is 23.3 Å². The highest BCUT2D eigenvalue weighted by Gasteiger charge is 2.34. The smallest absolute Gasteiger partial charge is 0.129 e. The van der Waals surface area contributed by atoms with Crippen molar-refractivity contribution in [2.75, 3.05) is 0 Å². The van der Waals surface area contributed by atoms with E-state index in [1.54, 1.807) is 24.3 Å². The van der Waals surface area contributed by atoms with Gasteiger partial charge in [0, 0.05) is 5.56 Å². The van der Waals surface area contributed by atoms with Crippen LogP contribution in [-0.2, 0) is 0 Å². The van der Waals surface area contributed by atoms with Gasteiger partial charge in [-0.05, 0) is 148 Å². The van der Waals surface area contributed by atoms with Gasteiger partial charge in [0.05, 0.1) is 0 Å². The molecule has 2 aromatic rings. The van der Waals surface area contributed by atoms with Crippen molar-refractivity contribution < 1.29 is 13.2 Å². The van der Waals surface area contributed by atoms with Crippen molar-refractivity contribution in [2.24, 2.45) is 17.8 Å². The molecule has 0 nitrogen and oxygen atoms in total. The number of halogens is 3. The molecule has 0 aliphatic heterocycles. The average molecular weight is 525 g/mol. The van der Waals surface area contributed by atoms with Crippen molar-refractivity contribution in [1.82, 2.24) is 0 Å². The minimum atomic E-state index is -0.298. The van der Waals surface area contributed by atoms with Crippen LogP contribution in [0.25, 0.3) is 0 Å². The lowest BCUT2D eigenvalue weighted by molar-refractivity contribution is 0.175. The third kappa shape index (κ3) is 6.68. The van der Waals surface area contributed by atoms with Gasteiger partial charge < -0.3 is 0 Å². The first kappa shape index (κ1) is 27.8. The fourth-order valence-corrected chi connectivity index (χ4v) is 8.24.